The Morgan fingerprint density at radius 3 is 2.52 bits per heavy atom. The molecule has 2 aromatic rings. The van der Waals surface area contributed by atoms with E-state index in [1.54, 1.807) is 7.05 Å². The molecule has 1 atom stereocenters. The van der Waals surface area contributed by atoms with Crippen LogP contribution in [0.2, 0.25) is 0 Å². The predicted molar refractivity (Wildman–Crippen MR) is 104 cm³/mol. The van der Waals surface area contributed by atoms with Crippen molar-refractivity contribution in [2.75, 3.05) is 30.8 Å². The number of nitrogens with one attached hydrogen (secondary N) is 1. The topological polar surface area (TPSA) is 58.4 Å². The first-order valence-corrected chi connectivity index (χ1v) is 9.07. The van der Waals surface area contributed by atoms with E-state index in [0.717, 1.165) is 41.2 Å². The molecule has 3 rings (SSSR count). The molecule has 1 saturated heterocycles. The van der Waals surface area contributed by atoms with Crippen molar-refractivity contribution >= 4 is 17.3 Å². The summed E-state index contributed by atoms with van der Waals surface area (Å²) in [6.45, 7) is 4.29. The molecule has 0 radical (unpaired) electrons. The van der Waals surface area contributed by atoms with Crippen LogP contribution in [0.3, 0.4) is 0 Å². The van der Waals surface area contributed by atoms with Crippen LogP contribution in [0.15, 0.2) is 42.5 Å². The first-order chi connectivity index (χ1) is 12.1. The summed E-state index contributed by atoms with van der Waals surface area (Å²) < 4.78 is 0. The summed E-state index contributed by atoms with van der Waals surface area (Å²) in [5, 5.41) is 2.72. The van der Waals surface area contributed by atoms with Gasteiger partial charge in [-0.3, -0.25) is 4.79 Å². The van der Waals surface area contributed by atoms with E-state index >= 15 is 0 Å². The van der Waals surface area contributed by atoms with Crippen LogP contribution in [0.25, 0.3) is 0 Å². The highest BCUT2D eigenvalue weighted by Crippen LogP contribution is 2.33. The molecule has 0 saturated carbocycles. The molecule has 1 heterocycles. The average Bonchev–Trinajstić information content (AvgIpc) is 2.67. The highest BCUT2D eigenvalue weighted by Gasteiger charge is 2.19. The maximum absolute atomic E-state index is 12.2. The van der Waals surface area contributed by atoms with E-state index in [9.17, 15) is 4.79 Å². The van der Waals surface area contributed by atoms with Gasteiger partial charge in [-0.15, -0.1) is 0 Å². The minimum Gasteiger partial charge on any atom is -0.397 e. The highest BCUT2D eigenvalue weighted by molar-refractivity contribution is 5.95. The number of nitrogens with zero attached hydrogens (tertiary/aromatic N) is 1. The van der Waals surface area contributed by atoms with Crippen LogP contribution < -0.4 is 16.0 Å². The van der Waals surface area contributed by atoms with Crippen molar-refractivity contribution in [3.63, 3.8) is 0 Å². The molecule has 4 nitrogen and oxygen atoms in total. The van der Waals surface area contributed by atoms with Gasteiger partial charge in [0.2, 0.25) is 0 Å². The van der Waals surface area contributed by atoms with E-state index in [4.69, 9.17) is 5.73 Å². The minimum absolute atomic E-state index is 0.0552. The van der Waals surface area contributed by atoms with Gasteiger partial charge in [-0.25, -0.2) is 0 Å². The Kier molecular flexibility index (Phi) is 5.27. The van der Waals surface area contributed by atoms with Gasteiger partial charge in [0, 0.05) is 31.6 Å². The molecule has 1 aliphatic rings. The Hall–Kier alpha value is -2.49. The zero-order chi connectivity index (χ0) is 17.8. The Bertz CT molecular complexity index is 751. The van der Waals surface area contributed by atoms with Crippen LogP contribution in [0.5, 0.6) is 0 Å². The molecule has 2 aromatic carbocycles. The number of benzene rings is 2. The quantitative estimate of drug-likeness (QED) is 0.835. The molecule has 1 aliphatic heterocycles. The van der Waals surface area contributed by atoms with Crippen molar-refractivity contribution in [3.05, 3.63) is 59.2 Å². The molecule has 3 N–H and O–H groups in total. The number of hydrogen-bond donors (Lipinski definition) is 2. The lowest BCUT2D eigenvalue weighted by atomic mass is 9.89. The number of piperidine rings is 1. The van der Waals surface area contributed by atoms with Crippen LogP contribution >= 0.6 is 0 Å². The van der Waals surface area contributed by atoms with Crippen LogP contribution in [0, 0.1) is 0 Å². The SMILES string of the molecule is CNC(=O)c1ccccc1C(C)c1ccc(N2CCCCC2)c(N)c1. The van der Waals surface area contributed by atoms with Gasteiger partial charge in [0.1, 0.15) is 0 Å². The van der Waals surface area contributed by atoms with Crippen LogP contribution in [0.1, 0.15) is 53.6 Å². The summed E-state index contributed by atoms with van der Waals surface area (Å²) in [6.07, 6.45) is 3.77. The summed E-state index contributed by atoms with van der Waals surface area (Å²) in [6, 6.07) is 14.1. The zero-order valence-electron chi connectivity index (χ0n) is 15.1. The second kappa shape index (κ2) is 7.60. The van der Waals surface area contributed by atoms with E-state index in [0.29, 0.717) is 0 Å². The first-order valence-electron chi connectivity index (χ1n) is 9.07. The third-order valence-corrected chi connectivity index (χ3v) is 5.15. The van der Waals surface area contributed by atoms with Gasteiger partial charge in [0.25, 0.3) is 5.91 Å². The number of nitrogens with two attached hydrogens (primary N) is 1. The predicted octanol–water partition coefficient (Wildman–Crippen LogP) is 3.77. The van der Waals surface area contributed by atoms with Gasteiger partial charge in [-0.2, -0.15) is 0 Å². The smallest absolute Gasteiger partial charge is 0.251 e. The number of anilines is 2. The lowest BCUT2D eigenvalue weighted by Crippen LogP contribution is -2.30. The number of hydrogen-bond acceptors (Lipinski definition) is 3. The molecule has 1 amide bonds. The Morgan fingerprint density at radius 1 is 1.12 bits per heavy atom. The number of nitrogen functional groups attached to an aromatic ring is 1. The van der Waals surface area contributed by atoms with Crippen LogP contribution in [0.4, 0.5) is 11.4 Å². The van der Waals surface area contributed by atoms with E-state index in [-0.39, 0.29) is 11.8 Å². The van der Waals surface area contributed by atoms with E-state index in [1.165, 1.54) is 19.3 Å². The number of rotatable bonds is 4. The maximum Gasteiger partial charge on any atom is 0.251 e. The monoisotopic (exact) mass is 337 g/mol. The average molecular weight is 337 g/mol. The Balaban J connectivity index is 1.89. The van der Waals surface area contributed by atoms with E-state index in [2.05, 4.69) is 35.3 Å². The molecule has 0 aromatic heterocycles. The fourth-order valence-electron chi connectivity index (χ4n) is 3.66. The molecule has 0 aliphatic carbocycles. The molecule has 25 heavy (non-hydrogen) atoms. The Labute approximate surface area is 150 Å². The summed E-state index contributed by atoms with van der Waals surface area (Å²) in [5.74, 6) is 0.0477. The molecular weight excluding hydrogens is 310 g/mol. The van der Waals surface area contributed by atoms with Gasteiger partial charge in [-0.1, -0.05) is 31.2 Å². The third kappa shape index (κ3) is 3.63. The van der Waals surface area contributed by atoms with Gasteiger partial charge >= 0.3 is 0 Å². The summed E-state index contributed by atoms with van der Waals surface area (Å²) >= 11 is 0. The van der Waals surface area contributed by atoms with Gasteiger partial charge < -0.3 is 16.0 Å². The van der Waals surface area contributed by atoms with Gasteiger partial charge in [-0.05, 0) is 48.6 Å². The van der Waals surface area contributed by atoms with E-state index in [1.807, 2.05) is 24.3 Å². The van der Waals surface area contributed by atoms with Crippen molar-refractivity contribution < 1.29 is 4.79 Å². The second-order valence-electron chi connectivity index (χ2n) is 6.75. The summed E-state index contributed by atoms with van der Waals surface area (Å²) in [7, 11) is 1.66. The molecule has 1 fully saturated rings. The summed E-state index contributed by atoms with van der Waals surface area (Å²) in [4.78, 5) is 14.5. The minimum atomic E-state index is -0.0552. The maximum atomic E-state index is 12.2. The van der Waals surface area contributed by atoms with Gasteiger partial charge in [0.05, 0.1) is 11.4 Å². The van der Waals surface area contributed by atoms with Crippen LogP contribution in [-0.2, 0) is 0 Å². The molecule has 0 spiro atoms. The molecule has 132 valence electrons. The fraction of sp³-hybridized carbons (Fsp3) is 0.381. The van der Waals surface area contributed by atoms with E-state index < -0.39 is 0 Å². The van der Waals surface area contributed by atoms with Crippen molar-refractivity contribution in [2.24, 2.45) is 0 Å². The van der Waals surface area contributed by atoms with Crippen molar-refractivity contribution in [1.29, 1.82) is 0 Å². The van der Waals surface area contributed by atoms with Crippen molar-refractivity contribution in [1.82, 2.24) is 5.32 Å². The lowest BCUT2D eigenvalue weighted by Gasteiger charge is -2.30. The molecule has 4 heteroatoms. The number of carbonyl (C=O) groups excluding carboxylic acids is 1. The number of amides is 1. The molecule has 1 unspecified atom stereocenters. The second-order valence-corrected chi connectivity index (χ2v) is 6.75. The molecule has 0 bridgehead atoms. The normalized spacial score (nSPS) is 15.7. The number of carbonyl (C=O) groups is 1. The first kappa shape index (κ1) is 17.3. The Morgan fingerprint density at radius 2 is 1.84 bits per heavy atom. The largest absolute Gasteiger partial charge is 0.397 e. The standard InChI is InChI=1S/C21H27N3O/c1-15(17-8-4-5-9-18(17)21(25)23-2)16-10-11-20(19(22)14-16)24-12-6-3-7-13-24/h4-5,8-11,14-15H,3,6-7,12-13,22H2,1-2H3,(H,23,25). The van der Waals surface area contributed by atoms with Crippen LogP contribution in [-0.4, -0.2) is 26.0 Å². The highest BCUT2D eigenvalue weighted by atomic mass is 16.1. The lowest BCUT2D eigenvalue weighted by molar-refractivity contribution is 0.0962. The van der Waals surface area contributed by atoms with Gasteiger partial charge in [0.15, 0.2) is 0 Å². The van der Waals surface area contributed by atoms with Crippen molar-refractivity contribution in [3.8, 4) is 0 Å². The molecular formula is C21H27N3O. The third-order valence-electron chi connectivity index (χ3n) is 5.15. The van der Waals surface area contributed by atoms with Crippen molar-refractivity contribution in [2.45, 2.75) is 32.1 Å². The summed E-state index contributed by atoms with van der Waals surface area (Å²) in [5.41, 5.74) is 11.2. The zero-order valence-corrected chi connectivity index (χ0v) is 15.1. The fourth-order valence-corrected chi connectivity index (χ4v) is 3.66.